The Morgan fingerprint density at radius 3 is 2.22 bits per heavy atom. The highest BCUT2D eigenvalue weighted by atomic mass is 16.1. The van der Waals surface area contributed by atoms with Crippen molar-refractivity contribution >= 4 is 17.3 Å². The fourth-order valence-electron chi connectivity index (χ4n) is 1.86. The normalized spacial score (nSPS) is 9.89. The summed E-state index contributed by atoms with van der Waals surface area (Å²) in [5.74, 6) is -0.179. The van der Waals surface area contributed by atoms with Crippen molar-refractivity contribution in [3.63, 3.8) is 0 Å². The van der Waals surface area contributed by atoms with Crippen LogP contribution in [0.1, 0.15) is 26.7 Å². The number of hydrogen-bond acceptors (Lipinski definition) is 2. The molecule has 0 bridgehead atoms. The van der Waals surface area contributed by atoms with Gasteiger partial charge in [0.1, 0.15) is 0 Å². The molecule has 0 atom stereocenters. The zero-order valence-electron chi connectivity index (χ0n) is 11.3. The highest BCUT2D eigenvalue weighted by Gasteiger charge is 2.04. The van der Waals surface area contributed by atoms with Crippen molar-refractivity contribution in [2.24, 2.45) is 0 Å². The van der Waals surface area contributed by atoms with E-state index in [1.165, 1.54) is 11.8 Å². The molecule has 3 nitrogen and oxygen atoms in total. The summed E-state index contributed by atoms with van der Waals surface area (Å²) in [4.78, 5) is 13.5. The molecular formula is C15H22N2O. The SMILES string of the molecule is C=CC(=O)Nc1ccc(N(CCC)CCC)cc1. The van der Waals surface area contributed by atoms with Crippen LogP contribution in [0.2, 0.25) is 0 Å². The van der Waals surface area contributed by atoms with Gasteiger partial charge in [0, 0.05) is 24.5 Å². The molecule has 0 saturated heterocycles. The van der Waals surface area contributed by atoms with Gasteiger partial charge in [-0.2, -0.15) is 0 Å². The van der Waals surface area contributed by atoms with Crippen LogP contribution in [0.5, 0.6) is 0 Å². The lowest BCUT2D eigenvalue weighted by atomic mass is 10.2. The van der Waals surface area contributed by atoms with Crippen molar-refractivity contribution in [1.82, 2.24) is 0 Å². The quantitative estimate of drug-likeness (QED) is 0.747. The molecular weight excluding hydrogens is 224 g/mol. The van der Waals surface area contributed by atoms with Gasteiger partial charge in [-0.15, -0.1) is 0 Å². The number of nitrogens with zero attached hydrogens (tertiary/aromatic N) is 1. The standard InChI is InChI=1S/C15H22N2O/c1-4-11-17(12-5-2)14-9-7-13(8-10-14)16-15(18)6-3/h6-10H,3-5,11-12H2,1-2H3,(H,16,18). The highest BCUT2D eigenvalue weighted by molar-refractivity contribution is 5.98. The van der Waals surface area contributed by atoms with Crippen molar-refractivity contribution in [3.8, 4) is 0 Å². The first-order valence-corrected chi connectivity index (χ1v) is 6.49. The first-order chi connectivity index (χ1) is 8.71. The van der Waals surface area contributed by atoms with Gasteiger partial charge >= 0.3 is 0 Å². The Bertz CT molecular complexity index is 378. The van der Waals surface area contributed by atoms with Crippen molar-refractivity contribution in [2.75, 3.05) is 23.3 Å². The maximum Gasteiger partial charge on any atom is 0.247 e. The van der Waals surface area contributed by atoms with Gasteiger partial charge in [-0.1, -0.05) is 20.4 Å². The lowest BCUT2D eigenvalue weighted by molar-refractivity contribution is -0.111. The van der Waals surface area contributed by atoms with Crippen LogP contribution in [0.25, 0.3) is 0 Å². The van der Waals surface area contributed by atoms with Gasteiger partial charge in [0.15, 0.2) is 0 Å². The molecule has 0 aliphatic carbocycles. The summed E-state index contributed by atoms with van der Waals surface area (Å²) in [6.45, 7) is 9.92. The van der Waals surface area contributed by atoms with Gasteiger partial charge in [0.2, 0.25) is 5.91 Å². The Morgan fingerprint density at radius 1 is 1.22 bits per heavy atom. The van der Waals surface area contributed by atoms with Crippen LogP contribution in [0.4, 0.5) is 11.4 Å². The zero-order chi connectivity index (χ0) is 13.4. The van der Waals surface area contributed by atoms with E-state index in [0.29, 0.717) is 0 Å². The summed E-state index contributed by atoms with van der Waals surface area (Å²) < 4.78 is 0. The number of amides is 1. The summed E-state index contributed by atoms with van der Waals surface area (Å²) in [7, 11) is 0. The second-order valence-electron chi connectivity index (χ2n) is 4.23. The van der Waals surface area contributed by atoms with E-state index in [1.54, 1.807) is 0 Å². The van der Waals surface area contributed by atoms with Crippen molar-refractivity contribution < 1.29 is 4.79 Å². The Morgan fingerprint density at radius 2 is 1.78 bits per heavy atom. The number of rotatable bonds is 7. The molecule has 3 heteroatoms. The van der Waals surface area contributed by atoms with Gasteiger partial charge < -0.3 is 10.2 Å². The number of anilines is 2. The minimum Gasteiger partial charge on any atom is -0.372 e. The van der Waals surface area contributed by atoms with E-state index in [4.69, 9.17) is 0 Å². The van der Waals surface area contributed by atoms with E-state index in [0.717, 1.165) is 31.6 Å². The number of benzene rings is 1. The molecule has 98 valence electrons. The first-order valence-electron chi connectivity index (χ1n) is 6.49. The minimum atomic E-state index is -0.179. The number of hydrogen-bond donors (Lipinski definition) is 1. The number of carbonyl (C=O) groups is 1. The van der Waals surface area contributed by atoms with E-state index in [2.05, 4.69) is 30.6 Å². The van der Waals surface area contributed by atoms with Gasteiger partial charge in [0.25, 0.3) is 0 Å². The van der Waals surface area contributed by atoms with Crippen LogP contribution in [-0.2, 0) is 4.79 Å². The fraction of sp³-hybridized carbons (Fsp3) is 0.400. The molecule has 0 fully saturated rings. The highest BCUT2D eigenvalue weighted by Crippen LogP contribution is 2.18. The van der Waals surface area contributed by atoms with Crippen molar-refractivity contribution in [2.45, 2.75) is 26.7 Å². The molecule has 0 aliphatic rings. The lowest BCUT2D eigenvalue weighted by Crippen LogP contribution is -2.24. The molecule has 18 heavy (non-hydrogen) atoms. The molecule has 1 amide bonds. The second kappa shape index (κ2) is 7.54. The fourth-order valence-corrected chi connectivity index (χ4v) is 1.86. The summed E-state index contributed by atoms with van der Waals surface area (Å²) >= 11 is 0. The summed E-state index contributed by atoms with van der Waals surface area (Å²) in [6, 6.07) is 7.94. The van der Waals surface area contributed by atoms with E-state index < -0.39 is 0 Å². The van der Waals surface area contributed by atoms with Crippen LogP contribution in [-0.4, -0.2) is 19.0 Å². The lowest BCUT2D eigenvalue weighted by Gasteiger charge is -2.23. The third kappa shape index (κ3) is 4.24. The van der Waals surface area contributed by atoms with E-state index in [1.807, 2.05) is 24.3 Å². The zero-order valence-corrected chi connectivity index (χ0v) is 11.3. The summed E-state index contributed by atoms with van der Waals surface area (Å²) in [5, 5.41) is 2.75. The van der Waals surface area contributed by atoms with E-state index in [-0.39, 0.29) is 5.91 Å². The molecule has 1 N–H and O–H groups in total. The van der Waals surface area contributed by atoms with Crippen LogP contribution in [0.3, 0.4) is 0 Å². The van der Waals surface area contributed by atoms with Gasteiger partial charge in [-0.05, 0) is 43.2 Å². The molecule has 0 radical (unpaired) electrons. The summed E-state index contributed by atoms with van der Waals surface area (Å²) in [6.07, 6.45) is 3.54. The maximum absolute atomic E-state index is 11.2. The third-order valence-electron chi connectivity index (χ3n) is 2.67. The first kappa shape index (κ1) is 14.3. The maximum atomic E-state index is 11.2. The summed E-state index contributed by atoms with van der Waals surface area (Å²) in [5.41, 5.74) is 2.01. The molecule has 0 spiro atoms. The molecule has 1 aromatic carbocycles. The Balaban J connectivity index is 2.73. The van der Waals surface area contributed by atoms with E-state index >= 15 is 0 Å². The average molecular weight is 246 g/mol. The van der Waals surface area contributed by atoms with Gasteiger partial charge in [0.05, 0.1) is 0 Å². The molecule has 1 rings (SSSR count). The van der Waals surface area contributed by atoms with Gasteiger partial charge in [-0.3, -0.25) is 4.79 Å². The molecule has 0 aromatic heterocycles. The average Bonchev–Trinajstić information content (AvgIpc) is 2.39. The minimum absolute atomic E-state index is 0.179. The van der Waals surface area contributed by atoms with Crippen LogP contribution >= 0.6 is 0 Å². The third-order valence-corrected chi connectivity index (χ3v) is 2.67. The number of carbonyl (C=O) groups excluding carboxylic acids is 1. The van der Waals surface area contributed by atoms with Crippen molar-refractivity contribution in [1.29, 1.82) is 0 Å². The number of nitrogens with one attached hydrogen (secondary N) is 1. The van der Waals surface area contributed by atoms with Crippen LogP contribution in [0.15, 0.2) is 36.9 Å². The Hall–Kier alpha value is -1.77. The molecule has 0 unspecified atom stereocenters. The van der Waals surface area contributed by atoms with Crippen LogP contribution in [0, 0.1) is 0 Å². The van der Waals surface area contributed by atoms with Crippen molar-refractivity contribution in [3.05, 3.63) is 36.9 Å². The molecule has 1 aromatic rings. The smallest absolute Gasteiger partial charge is 0.247 e. The largest absolute Gasteiger partial charge is 0.372 e. The van der Waals surface area contributed by atoms with Crippen LogP contribution < -0.4 is 10.2 Å². The Kier molecular flexibility index (Phi) is 5.98. The predicted octanol–water partition coefficient (Wildman–Crippen LogP) is 3.44. The molecule has 0 saturated carbocycles. The van der Waals surface area contributed by atoms with Gasteiger partial charge in [-0.25, -0.2) is 0 Å². The molecule has 0 heterocycles. The topological polar surface area (TPSA) is 32.3 Å². The predicted molar refractivity (Wildman–Crippen MR) is 78.1 cm³/mol. The Labute approximate surface area is 109 Å². The second-order valence-corrected chi connectivity index (χ2v) is 4.23. The molecule has 0 aliphatic heterocycles. The van der Waals surface area contributed by atoms with E-state index in [9.17, 15) is 4.79 Å². The monoisotopic (exact) mass is 246 g/mol.